The molecule has 0 N–H and O–H groups in total. The van der Waals surface area contributed by atoms with Gasteiger partial charge in [0.2, 0.25) is 0 Å². The topological polar surface area (TPSA) is 36.0 Å². The van der Waals surface area contributed by atoms with Crippen LogP contribution in [-0.4, -0.2) is 72.0 Å². The summed E-state index contributed by atoms with van der Waals surface area (Å²) in [6.07, 6.45) is 0. The molecule has 30 heavy (non-hydrogen) atoms. The minimum atomic E-state index is -0.449. The highest BCUT2D eigenvalue weighted by atomic mass is 19.1. The van der Waals surface area contributed by atoms with E-state index in [1.807, 2.05) is 17.0 Å². The van der Waals surface area contributed by atoms with Gasteiger partial charge in [-0.15, -0.1) is 0 Å². The van der Waals surface area contributed by atoms with Crippen molar-refractivity contribution in [3.63, 3.8) is 0 Å². The SMILES string of the molecule is COc1ccc(CN2CC3CN(C(=O)c4ccccc4F)CCN3C(C)(C)C2)cc1. The van der Waals surface area contributed by atoms with Crippen molar-refractivity contribution in [1.82, 2.24) is 14.7 Å². The van der Waals surface area contributed by atoms with E-state index in [-0.39, 0.29) is 23.1 Å². The summed E-state index contributed by atoms with van der Waals surface area (Å²) < 4.78 is 19.4. The van der Waals surface area contributed by atoms with E-state index in [0.29, 0.717) is 13.1 Å². The fraction of sp³-hybridized carbons (Fsp3) is 0.458. The normalized spacial score (nSPS) is 21.9. The molecule has 0 saturated carbocycles. The van der Waals surface area contributed by atoms with Crippen LogP contribution < -0.4 is 4.74 Å². The van der Waals surface area contributed by atoms with Crippen LogP contribution in [0, 0.1) is 5.82 Å². The van der Waals surface area contributed by atoms with Crippen LogP contribution in [0.15, 0.2) is 48.5 Å². The molecule has 6 heteroatoms. The van der Waals surface area contributed by atoms with E-state index in [1.165, 1.54) is 11.6 Å². The molecule has 2 fully saturated rings. The van der Waals surface area contributed by atoms with Crippen molar-refractivity contribution in [2.75, 3.05) is 39.8 Å². The number of amides is 1. The molecule has 2 saturated heterocycles. The Bertz CT molecular complexity index is 900. The molecule has 1 unspecified atom stereocenters. The molecule has 2 aliphatic rings. The van der Waals surface area contributed by atoms with Crippen LogP contribution in [0.4, 0.5) is 4.39 Å². The number of hydrogen-bond acceptors (Lipinski definition) is 4. The van der Waals surface area contributed by atoms with Crippen LogP contribution in [0.5, 0.6) is 5.75 Å². The van der Waals surface area contributed by atoms with Gasteiger partial charge in [-0.2, -0.15) is 0 Å². The van der Waals surface area contributed by atoms with Crippen molar-refractivity contribution in [2.24, 2.45) is 0 Å². The van der Waals surface area contributed by atoms with Crippen LogP contribution in [0.25, 0.3) is 0 Å². The summed E-state index contributed by atoms with van der Waals surface area (Å²) in [6.45, 7) is 9.32. The smallest absolute Gasteiger partial charge is 0.256 e. The highest BCUT2D eigenvalue weighted by Crippen LogP contribution is 2.30. The number of fused-ring (bicyclic) bond motifs is 1. The predicted octanol–water partition coefficient (Wildman–Crippen LogP) is 3.26. The highest BCUT2D eigenvalue weighted by molar-refractivity contribution is 5.94. The molecular weight excluding hydrogens is 381 g/mol. The molecule has 0 bridgehead atoms. The van der Waals surface area contributed by atoms with E-state index in [1.54, 1.807) is 25.3 Å². The van der Waals surface area contributed by atoms with E-state index >= 15 is 0 Å². The number of ether oxygens (including phenoxy) is 1. The van der Waals surface area contributed by atoms with Gasteiger partial charge >= 0.3 is 0 Å². The number of benzene rings is 2. The monoisotopic (exact) mass is 411 g/mol. The maximum Gasteiger partial charge on any atom is 0.256 e. The average Bonchev–Trinajstić information content (AvgIpc) is 2.73. The molecule has 1 amide bonds. The van der Waals surface area contributed by atoms with Crippen LogP contribution in [-0.2, 0) is 6.54 Å². The Morgan fingerprint density at radius 3 is 2.53 bits per heavy atom. The number of piperazine rings is 2. The molecule has 1 atom stereocenters. The molecule has 0 aliphatic carbocycles. The summed E-state index contributed by atoms with van der Waals surface area (Å²) in [4.78, 5) is 19.7. The molecule has 4 rings (SSSR count). The third kappa shape index (κ3) is 4.20. The van der Waals surface area contributed by atoms with Gasteiger partial charge in [0.05, 0.1) is 12.7 Å². The lowest BCUT2D eigenvalue weighted by Crippen LogP contribution is -2.69. The molecule has 5 nitrogen and oxygen atoms in total. The first kappa shape index (κ1) is 20.8. The zero-order chi connectivity index (χ0) is 21.3. The van der Waals surface area contributed by atoms with Gasteiger partial charge in [-0.1, -0.05) is 24.3 Å². The van der Waals surface area contributed by atoms with Gasteiger partial charge in [0.1, 0.15) is 11.6 Å². The van der Waals surface area contributed by atoms with Crippen molar-refractivity contribution >= 4 is 5.91 Å². The van der Waals surface area contributed by atoms with E-state index in [2.05, 4.69) is 35.8 Å². The lowest BCUT2D eigenvalue weighted by Gasteiger charge is -2.55. The maximum atomic E-state index is 14.1. The van der Waals surface area contributed by atoms with Gasteiger partial charge in [-0.25, -0.2) is 4.39 Å². The summed E-state index contributed by atoms with van der Waals surface area (Å²) in [5.41, 5.74) is 1.42. The summed E-state index contributed by atoms with van der Waals surface area (Å²) >= 11 is 0. The molecule has 0 radical (unpaired) electrons. The van der Waals surface area contributed by atoms with E-state index < -0.39 is 5.82 Å². The quantitative estimate of drug-likeness (QED) is 0.774. The van der Waals surface area contributed by atoms with E-state index in [9.17, 15) is 9.18 Å². The Balaban J connectivity index is 1.47. The molecule has 2 aliphatic heterocycles. The van der Waals surface area contributed by atoms with Gasteiger partial charge in [-0.05, 0) is 43.7 Å². The summed E-state index contributed by atoms with van der Waals surface area (Å²) in [5, 5.41) is 0. The first-order chi connectivity index (χ1) is 14.4. The van der Waals surface area contributed by atoms with Crippen LogP contribution >= 0.6 is 0 Å². The second-order valence-electron chi connectivity index (χ2n) is 8.91. The maximum absolute atomic E-state index is 14.1. The number of carbonyl (C=O) groups excluding carboxylic acids is 1. The first-order valence-electron chi connectivity index (χ1n) is 10.5. The summed E-state index contributed by atoms with van der Waals surface area (Å²) in [6, 6.07) is 14.7. The Morgan fingerprint density at radius 2 is 1.83 bits per heavy atom. The highest BCUT2D eigenvalue weighted by Gasteiger charge is 2.43. The van der Waals surface area contributed by atoms with Crippen LogP contribution in [0.1, 0.15) is 29.8 Å². The second kappa shape index (κ2) is 8.36. The number of halogens is 1. The lowest BCUT2D eigenvalue weighted by atomic mass is 9.92. The number of hydrogen-bond donors (Lipinski definition) is 0. The number of nitrogens with zero attached hydrogens (tertiary/aromatic N) is 3. The largest absolute Gasteiger partial charge is 0.497 e. The number of methoxy groups -OCH3 is 1. The van der Waals surface area contributed by atoms with Gasteiger partial charge in [-0.3, -0.25) is 14.6 Å². The standard InChI is InChI=1S/C24H30FN3O2/c1-24(2)17-26(14-18-8-10-20(30-3)11-9-18)15-19-16-27(12-13-28(19)24)23(29)21-6-4-5-7-22(21)25/h4-11,19H,12-17H2,1-3H3. The molecule has 2 aromatic rings. The van der Waals surface area contributed by atoms with Crippen LogP contribution in [0.2, 0.25) is 0 Å². The number of carbonyl (C=O) groups is 1. The van der Waals surface area contributed by atoms with Crippen molar-refractivity contribution in [3.05, 3.63) is 65.5 Å². The third-order valence-corrected chi connectivity index (χ3v) is 6.30. The zero-order valence-electron chi connectivity index (χ0n) is 18.0. The Morgan fingerprint density at radius 1 is 1.10 bits per heavy atom. The van der Waals surface area contributed by atoms with E-state index in [4.69, 9.17) is 4.74 Å². The molecule has 2 aromatic carbocycles. The fourth-order valence-corrected chi connectivity index (χ4v) is 4.91. The van der Waals surface area contributed by atoms with Gasteiger partial charge in [0, 0.05) is 50.8 Å². The molecule has 0 spiro atoms. The third-order valence-electron chi connectivity index (χ3n) is 6.30. The Labute approximate surface area is 178 Å². The van der Waals surface area contributed by atoms with Gasteiger partial charge < -0.3 is 9.64 Å². The molecule has 160 valence electrons. The van der Waals surface area contributed by atoms with E-state index in [0.717, 1.165) is 31.9 Å². The minimum absolute atomic E-state index is 0.0164. The number of rotatable bonds is 4. The van der Waals surface area contributed by atoms with Crippen molar-refractivity contribution in [1.29, 1.82) is 0 Å². The summed E-state index contributed by atoms with van der Waals surface area (Å²) in [5.74, 6) is 0.200. The second-order valence-corrected chi connectivity index (χ2v) is 8.91. The first-order valence-corrected chi connectivity index (χ1v) is 10.5. The Kier molecular flexibility index (Phi) is 5.80. The molecule has 0 aromatic heterocycles. The fourth-order valence-electron chi connectivity index (χ4n) is 4.91. The van der Waals surface area contributed by atoms with Crippen molar-refractivity contribution in [2.45, 2.75) is 32.0 Å². The van der Waals surface area contributed by atoms with Crippen LogP contribution in [0.3, 0.4) is 0 Å². The Hall–Kier alpha value is -2.44. The van der Waals surface area contributed by atoms with Gasteiger partial charge in [0.25, 0.3) is 5.91 Å². The minimum Gasteiger partial charge on any atom is -0.497 e. The average molecular weight is 412 g/mol. The lowest BCUT2D eigenvalue weighted by molar-refractivity contribution is -0.0613. The predicted molar refractivity (Wildman–Crippen MR) is 115 cm³/mol. The molecule has 2 heterocycles. The van der Waals surface area contributed by atoms with Crippen molar-refractivity contribution < 1.29 is 13.9 Å². The zero-order valence-corrected chi connectivity index (χ0v) is 18.0. The van der Waals surface area contributed by atoms with Gasteiger partial charge in [0.15, 0.2) is 0 Å². The molecular formula is C24H30FN3O2. The van der Waals surface area contributed by atoms with Crippen molar-refractivity contribution in [3.8, 4) is 5.75 Å². The summed E-state index contributed by atoms with van der Waals surface area (Å²) in [7, 11) is 1.67.